The van der Waals surface area contributed by atoms with Crippen molar-refractivity contribution in [2.75, 3.05) is 4.90 Å². The van der Waals surface area contributed by atoms with Crippen LogP contribution in [0.2, 0.25) is 0 Å². The largest absolute Gasteiger partial charge is 0.455 e. The molecule has 0 saturated heterocycles. The molecule has 62 heavy (non-hydrogen) atoms. The first-order chi connectivity index (χ1) is 30.7. The third-order valence-electron chi connectivity index (χ3n) is 12.4. The maximum atomic E-state index is 7.04. The highest BCUT2D eigenvalue weighted by atomic mass is 16.3. The fourth-order valence-corrected chi connectivity index (χ4v) is 9.39. The van der Waals surface area contributed by atoms with E-state index >= 15 is 0 Å². The van der Waals surface area contributed by atoms with Gasteiger partial charge in [-0.1, -0.05) is 182 Å². The van der Waals surface area contributed by atoms with Crippen molar-refractivity contribution in [1.29, 1.82) is 0 Å². The molecular formula is C60H39NO. The summed E-state index contributed by atoms with van der Waals surface area (Å²) in [6.07, 6.45) is 0. The molecule has 0 atom stereocenters. The Morgan fingerprint density at radius 2 is 0.726 bits per heavy atom. The van der Waals surface area contributed by atoms with Crippen molar-refractivity contribution >= 4 is 71.3 Å². The fourth-order valence-electron chi connectivity index (χ4n) is 9.39. The van der Waals surface area contributed by atoms with Crippen LogP contribution >= 0.6 is 0 Å². The lowest BCUT2D eigenvalue weighted by atomic mass is 9.91. The highest BCUT2D eigenvalue weighted by molar-refractivity contribution is 6.32. The second-order valence-electron chi connectivity index (χ2n) is 16.1. The molecule has 0 spiro atoms. The maximum absolute atomic E-state index is 7.04. The van der Waals surface area contributed by atoms with E-state index in [1.54, 1.807) is 0 Å². The van der Waals surface area contributed by atoms with Gasteiger partial charge in [0.25, 0.3) is 0 Å². The highest BCUT2D eigenvalue weighted by Gasteiger charge is 2.21. The van der Waals surface area contributed by atoms with Gasteiger partial charge in [0.15, 0.2) is 0 Å². The molecule has 12 rings (SSSR count). The van der Waals surface area contributed by atoms with Gasteiger partial charge in [-0.3, -0.25) is 0 Å². The molecule has 2 heteroatoms. The van der Waals surface area contributed by atoms with E-state index < -0.39 is 0 Å². The molecule has 0 amide bonds. The normalized spacial score (nSPS) is 11.5. The molecule has 0 bridgehead atoms. The van der Waals surface area contributed by atoms with Crippen LogP contribution < -0.4 is 4.90 Å². The van der Waals surface area contributed by atoms with Gasteiger partial charge >= 0.3 is 0 Å². The summed E-state index contributed by atoms with van der Waals surface area (Å²) >= 11 is 0. The van der Waals surface area contributed by atoms with Crippen molar-refractivity contribution in [2.24, 2.45) is 0 Å². The number of fused-ring (bicyclic) bond motifs is 9. The molecule has 0 unspecified atom stereocenters. The Kier molecular flexibility index (Phi) is 8.53. The molecule has 12 aromatic rings. The first kappa shape index (κ1) is 35.7. The second-order valence-corrected chi connectivity index (χ2v) is 16.1. The standard InChI is InChI=1S/C60H39NO/c1-3-13-40(14-4-1)43-25-31-49(32-26-43)61(50-33-27-44(28-34-50)41-15-5-2-6-16-41)51-35-29-45(30-36-51)56-38-48(47-24-23-42-17-7-8-18-46(42)37-47)39-57-58(56)59-54-21-11-9-19-52(54)53-20-10-12-22-55(53)60(59)62-57/h1-39H. The van der Waals surface area contributed by atoms with Crippen molar-refractivity contribution in [3.63, 3.8) is 0 Å². The van der Waals surface area contributed by atoms with Crippen LogP contribution in [0.15, 0.2) is 241 Å². The molecule has 0 aliphatic rings. The minimum absolute atomic E-state index is 0.880. The van der Waals surface area contributed by atoms with Crippen LogP contribution in [0.3, 0.4) is 0 Å². The van der Waals surface area contributed by atoms with Gasteiger partial charge in [-0.25, -0.2) is 0 Å². The van der Waals surface area contributed by atoms with E-state index in [1.165, 1.54) is 49.2 Å². The van der Waals surface area contributed by atoms with Gasteiger partial charge in [0.1, 0.15) is 11.2 Å². The molecule has 1 aromatic heterocycles. The van der Waals surface area contributed by atoms with Crippen LogP contribution in [0.4, 0.5) is 17.1 Å². The van der Waals surface area contributed by atoms with Crippen molar-refractivity contribution in [3.8, 4) is 44.5 Å². The summed E-state index contributed by atoms with van der Waals surface area (Å²) in [7, 11) is 0. The third kappa shape index (κ3) is 6.12. The van der Waals surface area contributed by atoms with E-state index in [0.717, 1.165) is 66.6 Å². The SMILES string of the molecule is c1ccc(-c2ccc(N(c3ccc(-c4ccccc4)cc3)c3ccc(-c4cc(-c5ccc6ccccc6c5)cc5oc6c7ccccc7c7ccccc7c6c45)cc3)cc2)cc1. The van der Waals surface area contributed by atoms with Crippen LogP contribution in [0.1, 0.15) is 0 Å². The molecule has 2 nitrogen and oxygen atoms in total. The predicted molar refractivity (Wildman–Crippen MR) is 263 cm³/mol. The number of benzene rings is 11. The van der Waals surface area contributed by atoms with Crippen LogP contribution in [0, 0.1) is 0 Å². The minimum Gasteiger partial charge on any atom is -0.455 e. The average molecular weight is 790 g/mol. The number of nitrogens with zero attached hydrogens (tertiary/aromatic N) is 1. The molecule has 290 valence electrons. The summed E-state index contributed by atoms with van der Waals surface area (Å²) in [4.78, 5) is 2.35. The number of hydrogen-bond donors (Lipinski definition) is 0. The van der Waals surface area contributed by atoms with E-state index in [2.05, 4.69) is 241 Å². The number of furan rings is 1. The Balaban J connectivity index is 1.04. The average Bonchev–Trinajstić information content (AvgIpc) is 3.75. The van der Waals surface area contributed by atoms with Gasteiger partial charge in [-0.05, 0) is 126 Å². The lowest BCUT2D eigenvalue weighted by Crippen LogP contribution is -2.09. The number of hydrogen-bond acceptors (Lipinski definition) is 2. The Bertz CT molecular complexity index is 3510. The second kappa shape index (κ2) is 14.8. The Hall–Kier alpha value is -8.20. The zero-order valence-corrected chi connectivity index (χ0v) is 33.9. The summed E-state index contributed by atoms with van der Waals surface area (Å²) in [6, 6.07) is 85.3. The van der Waals surface area contributed by atoms with E-state index in [4.69, 9.17) is 4.42 Å². The monoisotopic (exact) mass is 789 g/mol. The van der Waals surface area contributed by atoms with Gasteiger partial charge in [0.2, 0.25) is 0 Å². The molecular weight excluding hydrogens is 751 g/mol. The number of rotatable bonds is 7. The lowest BCUT2D eigenvalue weighted by Gasteiger charge is -2.26. The highest BCUT2D eigenvalue weighted by Crippen LogP contribution is 2.47. The molecule has 0 aliphatic carbocycles. The zero-order valence-electron chi connectivity index (χ0n) is 33.9. The molecule has 1 heterocycles. The van der Waals surface area contributed by atoms with Crippen molar-refractivity contribution in [2.45, 2.75) is 0 Å². The Morgan fingerprint density at radius 1 is 0.274 bits per heavy atom. The van der Waals surface area contributed by atoms with Crippen LogP contribution in [-0.4, -0.2) is 0 Å². The topological polar surface area (TPSA) is 16.4 Å². The molecule has 0 radical (unpaired) electrons. The van der Waals surface area contributed by atoms with E-state index in [9.17, 15) is 0 Å². The Morgan fingerprint density at radius 3 is 1.32 bits per heavy atom. The van der Waals surface area contributed by atoms with E-state index in [1.807, 2.05) is 0 Å². The summed E-state index contributed by atoms with van der Waals surface area (Å²) in [5, 5.41) is 9.46. The van der Waals surface area contributed by atoms with Gasteiger partial charge in [-0.15, -0.1) is 0 Å². The van der Waals surface area contributed by atoms with Crippen molar-refractivity contribution in [3.05, 3.63) is 237 Å². The molecule has 11 aromatic carbocycles. The summed E-state index contributed by atoms with van der Waals surface area (Å²) in [6.45, 7) is 0. The molecule has 0 saturated carbocycles. The van der Waals surface area contributed by atoms with Gasteiger partial charge in [0.05, 0.1) is 0 Å². The van der Waals surface area contributed by atoms with Crippen LogP contribution in [0.25, 0.3) is 98.8 Å². The van der Waals surface area contributed by atoms with E-state index in [-0.39, 0.29) is 0 Å². The van der Waals surface area contributed by atoms with Crippen molar-refractivity contribution in [1.82, 2.24) is 0 Å². The predicted octanol–water partition coefficient (Wildman–Crippen LogP) is 17.2. The van der Waals surface area contributed by atoms with Gasteiger partial charge in [-0.2, -0.15) is 0 Å². The van der Waals surface area contributed by atoms with Crippen LogP contribution in [-0.2, 0) is 0 Å². The Labute approximate surface area is 360 Å². The summed E-state index contributed by atoms with van der Waals surface area (Å²) in [5.41, 5.74) is 14.4. The molecule has 0 N–H and O–H groups in total. The molecule has 0 fully saturated rings. The summed E-state index contributed by atoms with van der Waals surface area (Å²) in [5.74, 6) is 0. The van der Waals surface area contributed by atoms with Crippen molar-refractivity contribution < 1.29 is 4.42 Å². The first-order valence-corrected chi connectivity index (χ1v) is 21.2. The summed E-state index contributed by atoms with van der Waals surface area (Å²) < 4.78 is 7.04. The van der Waals surface area contributed by atoms with E-state index in [0.29, 0.717) is 0 Å². The van der Waals surface area contributed by atoms with Gasteiger partial charge < -0.3 is 9.32 Å². The third-order valence-corrected chi connectivity index (χ3v) is 12.4. The minimum atomic E-state index is 0.880. The zero-order chi connectivity index (χ0) is 41.0. The maximum Gasteiger partial charge on any atom is 0.143 e. The first-order valence-electron chi connectivity index (χ1n) is 21.2. The fraction of sp³-hybridized carbons (Fsp3) is 0. The quantitative estimate of drug-likeness (QED) is 0.150. The smallest absolute Gasteiger partial charge is 0.143 e. The number of anilines is 3. The van der Waals surface area contributed by atoms with Crippen LogP contribution in [0.5, 0.6) is 0 Å². The van der Waals surface area contributed by atoms with Gasteiger partial charge in [0, 0.05) is 33.2 Å². The molecule has 0 aliphatic heterocycles. The lowest BCUT2D eigenvalue weighted by molar-refractivity contribution is 0.673.